The van der Waals surface area contributed by atoms with E-state index in [4.69, 9.17) is 4.74 Å². The number of anilines is 1. The standard InChI is InChI=1S/C28H22N4O4S2/c1-2-15-36-21-10-6-9-20(16-21)23-22(24(33)19-11-13-29-14-12-19)25(34)26(35)32(23)27-30-31-28(38-27)37-17-18-7-4-3-5-8-18/h2-14,16,23,33H,1,15,17H2/b24-22+. The maximum atomic E-state index is 13.4. The van der Waals surface area contributed by atoms with Crippen LogP contribution in [-0.4, -0.2) is 38.6 Å². The largest absolute Gasteiger partial charge is 0.507 e. The van der Waals surface area contributed by atoms with E-state index >= 15 is 0 Å². The number of carbonyl (C=O) groups is 2. The number of rotatable bonds is 9. The maximum Gasteiger partial charge on any atom is 0.301 e. The third kappa shape index (κ3) is 5.22. The highest BCUT2D eigenvalue weighted by atomic mass is 32.2. The monoisotopic (exact) mass is 542 g/mol. The van der Waals surface area contributed by atoms with E-state index in [1.165, 1.54) is 40.4 Å². The van der Waals surface area contributed by atoms with Crippen LogP contribution in [0.5, 0.6) is 5.75 Å². The molecule has 0 aliphatic carbocycles. The molecule has 0 radical (unpaired) electrons. The predicted molar refractivity (Wildman–Crippen MR) is 147 cm³/mol. The SMILES string of the molecule is C=CCOc1cccc(C2/C(=C(\O)c3ccncc3)C(=O)C(=O)N2c2nnc(SCc3ccccc3)s2)c1. The zero-order valence-electron chi connectivity index (χ0n) is 20.1. The van der Waals surface area contributed by atoms with E-state index in [1.807, 2.05) is 30.3 Å². The Kier molecular flexibility index (Phi) is 7.62. The van der Waals surface area contributed by atoms with Crippen LogP contribution in [0.1, 0.15) is 22.7 Å². The van der Waals surface area contributed by atoms with Crippen LogP contribution in [0.15, 0.2) is 102 Å². The third-order valence-electron chi connectivity index (χ3n) is 5.75. The Morgan fingerprint density at radius 3 is 2.63 bits per heavy atom. The van der Waals surface area contributed by atoms with Crippen molar-refractivity contribution in [2.24, 2.45) is 0 Å². The van der Waals surface area contributed by atoms with E-state index in [2.05, 4.69) is 21.8 Å². The molecule has 3 heterocycles. The zero-order valence-corrected chi connectivity index (χ0v) is 21.7. The van der Waals surface area contributed by atoms with E-state index < -0.39 is 17.7 Å². The van der Waals surface area contributed by atoms with Crippen LogP contribution in [-0.2, 0) is 15.3 Å². The molecule has 190 valence electrons. The van der Waals surface area contributed by atoms with Crippen LogP contribution in [0.3, 0.4) is 0 Å². The van der Waals surface area contributed by atoms with E-state index in [0.29, 0.717) is 33.6 Å². The number of ether oxygens (including phenoxy) is 1. The number of carbonyl (C=O) groups excluding carboxylic acids is 2. The number of benzene rings is 2. The van der Waals surface area contributed by atoms with Crippen LogP contribution in [0.4, 0.5) is 5.13 Å². The first kappa shape index (κ1) is 25.4. The second-order valence-electron chi connectivity index (χ2n) is 8.20. The summed E-state index contributed by atoms with van der Waals surface area (Å²) in [6, 6.07) is 19.2. The number of hydrogen-bond donors (Lipinski definition) is 1. The van der Waals surface area contributed by atoms with Gasteiger partial charge in [0.1, 0.15) is 18.1 Å². The molecule has 1 fully saturated rings. The lowest BCUT2D eigenvalue weighted by molar-refractivity contribution is -0.132. The summed E-state index contributed by atoms with van der Waals surface area (Å²) in [5, 5.41) is 20.0. The number of aliphatic hydroxyl groups excluding tert-OH is 1. The van der Waals surface area contributed by atoms with E-state index in [0.717, 1.165) is 5.56 Å². The number of pyridine rings is 1. The van der Waals surface area contributed by atoms with Crippen molar-refractivity contribution in [1.29, 1.82) is 0 Å². The van der Waals surface area contributed by atoms with Crippen LogP contribution in [0, 0.1) is 0 Å². The highest BCUT2D eigenvalue weighted by molar-refractivity contribution is 8.00. The van der Waals surface area contributed by atoms with Crippen molar-refractivity contribution in [3.63, 3.8) is 0 Å². The Morgan fingerprint density at radius 1 is 1.08 bits per heavy atom. The number of aliphatic hydroxyl groups is 1. The first-order valence-electron chi connectivity index (χ1n) is 11.6. The summed E-state index contributed by atoms with van der Waals surface area (Å²) in [4.78, 5) is 32.0. The van der Waals surface area contributed by atoms with Gasteiger partial charge in [0, 0.05) is 23.7 Å². The molecule has 1 aliphatic heterocycles. The molecule has 4 aromatic rings. The summed E-state index contributed by atoms with van der Waals surface area (Å²) in [7, 11) is 0. The van der Waals surface area contributed by atoms with Crippen LogP contribution >= 0.6 is 23.1 Å². The van der Waals surface area contributed by atoms with Crippen molar-refractivity contribution in [3.05, 3.63) is 114 Å². The fourth-order valence-corrected chi connectivity index (χ4v) is 5.84. The molecule has 1 atom stereocenters. The van der Waals surface area contributed by atoms with E-state index in [1.54, 1.807) is 42.5 Å². The first-order chi connectivity index (χ1) is 18.6. The van der Waals surface area contributed by atoms with Crippen molar-refractivity contribution in [3.8, 4) is 5.75 Å². The second-order valence-corrected chi connectivity index (χ2v) is 10.4. The molecule has 2 aromatic heterocycles. The minimum atomic E-state index is -0.935. The van der Waals surface area contributed by atoms with Crippen molar-refractivity contribution >= 4 is 45.7 Å². The molecular formula is C28H22N4O4S2. The Bertz CT molecular complexity index is 1510. The number of amides is 1. The topological polar surface area (TPSA) is 106 Å². The highest BCUT2D eigenvalue weighted by Crippen LogP contribution is 2.44. The van der Waals surface area contributed by atoms with Gasteiger partial charge in [-0.3, -0.25) is 19.5 Å². The minimum absolute atomic E-state index is 0.0456. The lowest BCUT2D eigenvalue weighted by Crippen LogP contribution is -2.29. The van der Waals surface area contributed by atoms with Gasteiger partial charge in [0.2, 0.25) is 5.13 Å². The van der Waals surface area contributed by atoms with Crippen LogP contribution in [0.2, 0.25) is 0 Å². The van der Waals surface area contributed by atoms with Crippen molar-refractivity contribution in [2.45, 2.75) is 16.1 Å². The summed E-state index contributed by atoms with van der Waals surface area (Å²) in [5.74, 6) is -0.677. The lowest BCUT2D eigenvalue weighted by atomic mass is 9.95. The van der Waals surface area contributed by atoms with Crippen molar-refractivity contribution < 1.29 is 19.4 Å². The average molecular weight is 543 g/mol. The number of nitrogens with zero attached hydrogens (tertiary/aromatic N) is 4. The van der Waals surface area contributed by atoms with Crippen LogP contribution in [0.25, 0.3) is 5.76 Å². The lowest BCUT2D eigenvalue weighted by Gasteiger charge is -2.23. The molecular weight excluding hydrogens is 520 g/mol. The van der Waals surface area contributed by atoms with Gasteiger partial charge >= 0.3 is 5.91 Å². The quantitative estimate of drug-likeness (QED) is 0.0747. The molecule has 1 N–H and O–H groups in total. The molecule has 0 saturated carbocycles. The molecule has 2 aromatic carbocycles. The Balaban J connectivity index is 1.55. The summed E-state index contributed by atoms with van der Waals surface area (Å²) >= 11 is 2.71. The number of ketones is 1. The average Bonchev–Trinajstić information content (AvgIpc) is 3.53. The predicted octanol–water partition coefficient (Wildman–Crippen LogP) is 5.42. The summed E-state index contributed by atoms with van der Waals surface area (Å²) in [5.41, 5.74) is 2.03. The maximum absolute atomic E-state index is 13.4. The van der Waals surface area contributed by atoms with Gasteiger partial charge in [-0.15, -0.1) is 10.2 Å². The Morgan fingerprint density at radius 2 is 1.87 bits per heavy atom. The first-order valence-corrected chi connectivity index (χ1v) is 13.4. The molecule has 0 bridgehead atoms. The summed E-state index contributed by atoms with van der Waals surface area (Å²) in [6.07, 6.45) is 4.63. The third-order valence-corrected chi connectivity index (χ3v) is 7.87. The number of Topliss-reactive ketones (excluding diaryl/α,β-unsaturated/α-hetero) is 1. The molecule has 10 heteroatoms. The van der Waals surface area contributed by atoms with Crippen molar-refractivity contribution in [2.75, 3.05) is 11.5 Å². The normalized spacial score (nSPS) is 16.5. The fraction of sp³-hybridized carbons (Fsp3) is 0.107. The minimum Gasteiger partial charge on any atom is -0.507 e. The Hall–Kier alpha value is -4.28. The van der Waals surface area contributed by atoms with Crippen molar-refractivity contribution in [1.82, 2.24) is 15.2 Å². The molecule has 1 amide bonds. The Labute approximate surface area is 227 Å². The van der Waals surface area contributed by atoms with Gasteiger partial charge in [-0.25, -0.2) is 0 Å². The molecule has 1 saturated heterocycles. The molecule has 8 nitrogen and oxygen atoms in total. The smallest absolute Gasteiger partial charge is 0.301 e. The van der Waals surface area contributed by atoms with Gasteiger partial charge in [0.25, 0.3) is 5.78 Å². The molecule has 0 spiro atoms. The van der Waals surface area contributed by atoms with Gasteiger partial charge in [-0.05, 0) is 35.4 Å². The summed E-state index contributed by atoms with van der Waals surface area (Å²) in [6.45, 7) is 3.96. The van der Waals surface area contributed by atoms with Gasteiger partial charge < -0.3 is 9.84 Å². The number of hydrogen-bond acceptors (Lipinski definition) is 9. The molecule has 5 rings (SSSR count). The van der Waals surface area contributed by atoms with E-state index in [-0.39, 0.29) is 16.5 Å². The number of aromatic nitrogens is 3. The highest BCUT2D eigenvalue weighted by Gasteiger charge is 2.48. The summed E-state index contributed by atoms with van der Waals surface area (Å²) < 4.78 is 6.34. The fourth-order valence-electron chi connectivity index (χ4n) is 4.02. The zero-order chi connectivity index (χ0) is 26.5. The molecule has 38 heavy (non-hydrogen) atoms. The van der Waals surface area contributed by atoms with Gasteiger partial charge in [0.15, 0.2) is 4.34 Å². The van der Waals surface area contributed by atoms with E-state index in [9.17, 15) is 14.7 Å². The molecule has 1 unspecified atom stereocenters. The van der Waals surface area contributed by atoms with Gasteiger partial charge in [-0.2, -0.15) is 0 Å². The number of thioether (sulfide) groups is 1. The second kappa shape index (κ2) is 11.4. The molecule has 1 aliphatic rings. The van der Waals surface area contributed by atoms with Gasteiger partial charge in [-0.1, -0.05) is 78.2 Å². The van der Waals surface area contributed by atoms with Crippen LogP contribution < -0.4 is 9.64 Å². The van der Waals surface area contributed by atoms with Gasteiger partial charge in [0.05, 0.1) is 11.6 Å².